The van der Waals surface area contributed by atoms with Crippen LogP contribution in [0.1, 0.15) is 10.5 Å². The fraction of sp³-hybridized carbons (Fsp3) is 0. The number of hydrogen-bond donors (Lipinski definition) is 2. The molecule has 0 atom stereocenters. The SMILES string of the molecule is O=C(O)c1nnc2ccccc2c1Sc1nccc(=O)[nH]1. The molecule has 0 spiro atoms. The molecular formula is C13H8N4O3S. The first-order chi connectivity index (χ1) is 10.1. The maximum absolute atomic E-state index is 11.3. The van der Waals surface area contributed by atoms with Crippen LogP contribution in [-0.2, 0) is 0 Å². The molecule has 0 unspecified atom stereocenters. The molecular weight excluding hydrogens is 292 g/mol. The minimum Gasteiger partial charge on any atom is -0.476 e. The molecule has 1 aromatic carbocycles. The van der Waals surface area contributed by atoms with Crippen LogP contribution in [0, 0.1) is 0 Å². The van der Waals surface area contributed by atoms with Gasteiger partial charge in [-0.25, -0.2) is 9.78 Å². The summed E-state index contributed by atoms with van der Waals surface area (Å²) in [6.07, 6.45) is 1.36. The first kappa shape index (κ1) is 13.3. The van der Waals surface area contributed by atoms with Crippen LogP contribution in [0.5, 0.6) is 0 Å². The van der Waals surface area contributed by atoms with Gasteiger partial charge in [0.2, 0.25) is 0 Å². The summed E-state index contributed by atoms with van der Waals surface area (Å²) in [6.45, 7) is 0. The van der Waals surface area contributed by atoms with Gasteiger partial charge in [-0.1, -0.05) is 18.2 Å². The molecule has 0 saturated carbocycles. The monoisotopic (exact) mass is 300 g/mol. The number of fused-ring (bicyclic) bond motifs is 1. The molecule has 0 aliphatic carbocycles. The number of H-pyrrole nitrogens is 1. The van der Waals surface area contributed by atoms with Crippen LogP contribution >= 0.6 is 11.8 Å². The third-order valence-corrected chi connectivity index (χ3v) is 3.69. The van der Waals surface area contributed by atoms with E-state index in [9.17, 15) is 14.7 Å². The first-order valence-electron chi connectivity index (χ1n) is 5.87. The number of nitrogens with zero attached hydrogens (tertiary/aromatic N) is 3. The number of aromatic carboxylic acids is 1. The number of aromatic amines is 1. The Morgan fingerprint density at radius 3 is 2.76 bits per heavy atom. The average molecular weight is 300 g/mol. The fourth-order valence-electron chi connectivity index (χ4n) is 1.77. The summed E-state index contributed by atoms with van der Waals surface area (Å²) in [6, 6.07) is 8.33. The predicted octanol–water partition coefficient (Wildman–Crippen LogP) is 1.56. The normalized spacial score (nSPS) is 10.7. The summed E-state index contributed by atoms with van der Waals surface area (Å²) in [4.78, 5) is 29.6. The molecule has 0 fully saturated rings. The van der Waals surface area contributed by atoms with Gasteiger partial charge >= 0.3 is 5.97 Å². The zero-order valence-electron chi connectivity index (χ0n) is 10.5. The second-order valence-corrected chi connectivity index (χ2v) is 5.04. The van der Waals surface area contributed by atoms with E-state index in [1.165, 1.54) is 12.3 Å². The van der Waals surface area contributed by atoms with E-state index in [2.05, 4.69) is 20.2 Å². The van der Waals surface area contributed by atoms with E-state index >= 15 is 0 Å². The highest BCUT2D eigenvalue weighted by Crippen LogP contribution is 2.32. The third kappa shape index (κ3) is 2.61. The van der Waals surface area contributed by atoms with Gasteiger partial charge in [0.1, 0.15) is 0 Å². The number of aromatic nitrogens is 4. The van der Waals surface area contributed by atoms with Gasteiger partial charge in [-0.15, -0.1) is 10.2 Å². The van der Waals surface area contributed by atoms with Crippen LogP contribution in [0.25, 0.3) is 10.9 Å². The molecule has 0 bridgehead atoms. The van der Waals surface area contributed by atoms with Crippen LogP contribution in [0.4, 0.5) is 0 Å². The lowest BCUT2D eigenvalue weighted by molar-refractivity contribution is 0.0685. The maximum Gasteiger partial charge on any atom is 0.357 e. The molecule has 8 heteroatoms. The minimum absolute atomic E-state index is 0.176. The van der Waals surface area contributed by atoms with Gasteiger partial charge in [0.25, 0.3) is 5.56 Å². The van der Waals surface area contributed by atoms with Crippen molar-refractivity contribution in [2.24, 2.45) is 0 Å². The Hall–Kier alpha value is -2.74. The van der Waals surface area contributed by atoms with Crippen molar-refractivity contribution in [1.29, 1.82) is 0 Å². The molecule has 21 heavy (non-hydrogen) atoms. The van der Waals surface area contributed by atoms with Crippen molar-refractivity contribution in [3.63, 3.8) is 0 Å². The smallest absolute Gasteiger partial charge is 0.357 e. The maximum atomic E-state index is 11.3. The van der Waals surface area contributed by atoms with Crippen molar-refractivity contribution in [2.75, 3.05) is 0 Å². The van der Waals surface area contributed by atoms with Crippen LogP contribution in [0.15, 0.2) is 51.4 Å². The van der Waals surface area contributed by atoms with Gasteiger partial charge in [0, 0.05) is 17.6 Å². The highest BCUT2D eigenvalue weighted by Gasteiger charge is 2.18. The first-order valence-corrected chi connectivity index (χ1v) is 6.68. The second-order valence-electron chi connectivity index (χ2n) is 4.04. The predicted molar refractivity (Wildman–Crippen MR) is 75.5 cm³/mol. The van der Waals surface area contributed by atoms with E-state index in [0.717, 1.165) is 11.8 Å². The van der Waals surface area contributed by atoms with Crippen LogP contribution in [0.3, 0.4) is 0 Å². The van der Waals surface area contributed by atoms with E-state index in [0.29, 0.717) is 21.0 Å². The van der Waals surface area contributed by atoms with Crippen molar-refractivity contribution in [3.05, 3.63) is 52.6 Å². The number of benzene rings is 1. The van der Waals surface area contributed by atoms with E-state index in [4.69, 9.17) is 0 Å². The molecule has 0 radical (unpaired) electrons. The topological polar surface area (TPSA) is 109 Å². The zero-order valence-corrected chi connectivity index (χ0v) is 11.3. The molecule has 2 N–H and O–H groups in total. The molecule has 0 amide bonds. The molecule has 0 aliphatic heterocycles. The molecule has 104 valence electrons. The molecule has 3 rings (SSSR count). The highest BCUT2D eigenvalue weighted by atomic mass is 32.2. The minimum atomic E-state index is -1.19. The van der Waals surface area contributed by atoms with Crippen LogP contribution < -0.4 is 5.56 Å². The van der Waals surface area contributed by atoms with Gasteiger partial charge in [-0.3, -0.25) is 4.79 Å². The summed E-state index contributed by atoms with van der Waals surface area (Å²) in [5, 5.41) is 17.8. The zero-order chi connectivity index (χ0) is 14.8. The Morgan fingerprint density at radius 2 is 2.00 bits per heavy atom. The van der Waals surface area contributed by atoms with E-state index in [1.807, 2.05) is 0 Å². The van der Waals surface area contributed by atoms with Gasteiger partial charge in [0.15, 0.2) is 10.9 Å². The van der Waals surface area contributed by atoms with Crippen molar-refractivity contribution in [2.45, 2.75) is 10.1 Å². The van der Waals surface area contributed by atoms with Gasteiger partial charge in [-0.2, -0.15) is 0 Å². The number of rotatable bonds is 3. The number of nitrogens with one attached hydrogen (secondary N) is 1. The second kappa shape index (κ2) is 5.33. The van der Waals surface area contributed by atoms with Crippen LogP contribution in [-0.4, -0.2) is 31.2 Å². The highest BCUT2D eigenvalue weighted by molar-refractivity contribution is 7.99. The summed E-state index contributed by atoms with van der Waals surface area (Å²) in [5.74, 6) is -1.19. The van der Waals surface area contributed by atoms with Gasteiger partial charge < -0.3 is 10.1 Å². The molecule has 0 saturated heterocycles. The number of carboxylic acids is 1. The molecule has 2 heterocycles. The fourth-order valence-corrected chi connectivity index (χ4v) is 2.74. The Balaban J connectivity index is 2.21. The number of carbonyl (C=O) groups is 1. The molecule has 3 aromatic rings. The lowest BCUT2D eigenvalue weighted by atomic mass is 10.2. The molecule has 7 nitrogen and oxygen atoms in total. The average Bonchev–Trinajstić information content (AvgIpc) is 2.47. The lowest BCUT2D eigenvalue weighted by Crippen LogP contribution is -2.08. The summed E-state index contributed by atoms with van der Waals surface area (Å²) in [7, 11) is 0. The lowest BCUT2D eigenvalue weighted by Gasteiger charge is -2.07. The summed E-state index contributed by atoms with van der Waals surface area (Å²) in [5.41, 5.74) is 0.0872. The van der Waals surface area contributed by atoms with Crippen molar-refractivity contribution >= 4 is 28.6 Å². The van der Waals surface area contributed by atoms with Gasteiger partial charge in [-0.05, 0) is 17.8 Å². The Morgan fingerprint density at radius 1 is 1.19 bits per heavy atom. The quantitative estimate of drug-likeness (QED) is 0.706. The Labute approximate surface area is 122 Å². The number of carboxylic acid groups (broad SMARTS) is 1. The number of hydrogen-bond acceptors (Lipinski definition) is 6. The van der Waals surface area contributed by atoms with Crippen molar-refractivity contribution < 1.29 is 9.90 Å². The third-order valence-electron chi connectivity index (χ3n) is 2.67. The summed E-state index contributed by atoms with van der Waals surface area (Å²) >= 11 is 1.04. The van der Waals surface area contributed by atoms with E-state index in [-0.39, 0.29) is 11.3 Å². The molecule has 2 aromatic heterocycles. The molecule has 0 aliphatic rings. The summed E-state index contributed by atoms with van der Waals surface area (Å²) < 4.78 is 0. The van der Waals surface area contributed by atoms with E-state index < -0.39 is 5.97 Å². The largest absolute Gasteiger partial charge is 0.476 e. The Bertz CT molecular complexity index is 894. The van der Waals surface area contributed by atoms with Crippen molar-refractivity contribution in [1.82, 2.24) is 20.2 Å². The van der Waals surface area contributed by atoms with E-state index in [1.54, 1.807) is 24.3 Å². The Kier molecular flexibility index (Phi) is 3.36. The van der Waals surface area contributed by atoms with Crippen molar-refractivity contribution in [3.8, 4) is 0 Å². The standard InChI is InChI=1S/C13H8N4O3S/c18-9-5-6-14-13(15-9)21-11-7-3-1-2-4-8(7)16-17-10(11)12(19)20/h1-6H,(H,19,20)(H,14,15,18). The van der Waals surface area contributed by atoms with Crippen LogP contribution in [0.2, 0.25) is 0 Å². The van der Waals surface area contributed by atoms with Gasteiger partial charge in [0.05, 0.1) is 10.4 Å².